The third kappa shape index (κ3) is 5.03. The number of carbonyl (C=O) groups excluding carboxylic acids is 2. The fourth-order valence-corrected chi connectivity index (χ4v) is 3.75. The lowest BCUT2D eigenvalue weighted by molar-refractivity contribution is -0.138. The third-order valence-electron chi connectivity index (χ3n) is 4.13. The maximum Gasteiger partial charge on any atom is 0.320 e. The molecule has 28 heavy (non-hydrogen) atoms. The molecule has 0 bridgehead atoms. The van der Waals surface area contributed by atoms with E-state index in [9.17, 15) is 14.4 Å². The number of carboxylic acid groups (broad SMARTS) is 1. The smallest absolute Gasteiger partial charge is 0.320 e. The van der Waals surface area contributed by atoms with Crippen LogP contribution in [0.15, 0.2) is 42.5 Å². The largest absolute Gasteiger partial charge is 0.480 e. The van der Waals surface area contributed by atoms with Gasteiger partial charge in [-0.15, -0.1) is 0 Å². The summed E-state index contributed by atoms with van der Waals surface area (Å²) in [6.07, 6.45) is 0.575. The number of imide groups is 1. The summed E-state index contributed by atoms with van der Waals surface area (Å²) in [6.45, 7) is 0. The SMILES string of the molecule is N[C@@H](Cc1ccc(Oc2ccc(CC3SC(=O)NC3=O)c(Cl)c2)cc1)C(=O)O. The summed E-state index contributed by atoms with van der Waals surface area (Å²) < 4.78 is 5.76. The number of rotatable bonds is 7. The van der Waals surface area contributed by atoms with Gasteiger partial charge in [-0.3, -0.25) is 19.7 Å². The van der Waals surface area contributed by atoms with E-state index < -0.39 is 17.3 Å². The van der Waals surface area contributed by atoms with Gasteiger partial charge in [-0.05, 0) is 48.2 Å². The number of nitrogens with two attached hydrogens (primary N) is 1. The number of aliphatic carboxylic acids is 1. The molecule has 1 heterocycles. The summed E-state index contributed by atoms with van der Waals surface area (Å²) in [5, 5.41) is 10.7. The average molecular weight is 421 g/mol. The molecule has 1 unspecified atom stereocenters. The summed E-state index contributed by atoms with van der Waals surface area (Å²) in [5.41, 5.74) is 7.06. The fourth-order valence-electron chi connectivity index (χ4n) is 2.66. The van der Waals surface area contributed by atoms with Crippen LogP contribution in [0.3, 0.4) is 0 Å². The first-order valence-electron chi connectivity index (χ1n) is 8.37. The number of carbonyl (C=O) groups is 3. The van der Waals surface area contributed by atoms with Gasteiger partial charge in [0.15, 0.2) is 0 Å². The standard InChI is InChI=1S/C19H17ClN2O5S/c20-14-9-13(6-3-11(14)8-16-17(23)22-19(26)28-16)27-12-4-1-10(2-5-12)7-15(21)18(24)25/h1-6,9,15-16H,7-8,21H2,(H,24,25)(H,22,23,26)/t15-,16?/m0/s1. The number of amides is 2. The lowest BCUT2D eigenvalue weighted by atomic mass is 10.1. The van der Waals surface area contributed by atoms with Crippen LogP contribution in [-0.2, 0) is 22.4 Å². The topological polar surface area (TPSA) is 119 Å². The number of ether oxygens (including phenoxy) is 1. The molecule has 1 aliphatic heterocycles. The van der Waals surface area contributed by atoms with Crippen LogP contribution >= 0.6 is 23.4 Å². The van der Waals surface area contributed by atoms with E-state index in [1.54, 1.807) is 42.5 Å². The Kier molecular flexibility index (Phi) is 6.23. The highest BCUT2D eigenvalue weighted by Crippen LogP contribution is 2.30. The molecular formula is C19H17ClN2O5S. The first-order valence-corrected chi connectivity index (χ1v) is 9.62. The van der Waals surface area contributed by atoms with E-state index in [0.29, 0.717) is 22.9 Å². The first kappa shape index (κ1) is 20.2. The highest BCUT2D eigenvalue weighted by Gasteiger charge is 2.32. The van der Waals surface area contributed by atoms with Crippen molar-refractivity contribution in [2.75, 3.05) is 0 Å². The van der Waals surface area contributed by atoms with Crippen LogP contribution in [-0.4, -0.2) is 33.5 Å². The van der Waals surface area contributed by atoms with E-state index in [4.69, 9.17) is 27.2 Å². The second-order valence-electron chi connectivity index (χ2n) is 6.24. The van der Waals surface area contributed by atoms with Crippen molar-refractivity contribution in [3.63, 3.8) is 0 Å². The van der Waals surface area contributed by atoms with Crippen molar-refractivity contribution in [1.82, 2.24) is 5.32 Å². The van der Waals surface area contributed by atoms with Crippen LogP contribution < -0.4 is 15.8 Å². The van der Waals surface area contributed by atoms with Crippen LogP contribution in [0, 0.1) is 0 Å². The van der Waals surface area contributed by atoms with E-state index in [2.05, 4.69) is 5.32 Å². The molecule has 9 heteroatoms. The zero-order valence-electron chi connectivity index (χ0n) is 14.6. The van der Waals surface area contributed by atoms with Crippen molar-refractivity contribution in [3.05, 3.63) is 58.6 Å². The molecular weight excluding hydrogens is 404 g/mol. The summed E-state index contributed by atoms with van der Waals surface area (Å²) in [6, 6.07) is 11.1. The first-order chi connectivity index (χ1) is 13.3. The minimum Gasteiger partial charge on any atom is -0.480 e. The second kappa shape index (κ2) is 8.64. The lowest BCUT2D eigenvalue weighted by Gasteiger charge is -2.11. The van der Waals surface area contributed by atoms with E-state index in [0.717, 1.165) is 22.9 Å². The predicted molar refractivity (Wildman–Crippen MR) is 106 cm³/mol. The zero-order valence-corrected chi connectivity index (χ0v) is 16.1. The van der Waals surface area contributed by atoms with Crippen LogP contribution in [0.5, 0.6) is 11.5 Å². The molecule has 7 nitrogen and oxygen atoms in total. The predicted octanol–water partition coefficient (Wildman–Crippen LogP) is 2.98. The number of hydrogen-bond donors (Lipinski definition) is 3. The molecule has 0 radical (unpaired) electrons. The number of carboxylic acids is 1. The van der Waals surface area contributed by atoms with E-state index in [1.807, 2.05) is 0 Å². The van der Waals surface area contributed by atoms with Crippen LogP contribution in [0.1, 0.15) is 11.1 Å². The Morgan fingerprint density at radius 2 is 1.89 bits per heavy atom. The molecule has 1 saturated heterocycles. The van der Waals surface area contributed by atoms with Crippen molar-refractivity contribution < 1.29 is 24.2 Å². The molecule has 1 aliphatic rings. The fraction of sp³-hybridized carbons (Fsp3) is 0.211. The van der Waals surface area contributed by atoms with Crippen molar-refractivity contribution in [2.45, 2.75) is 24.1 Å². The molecule has 0 aliphatic carbocycles. The second-order valence-corrected chi connectivity index (χ2v) is 7.82. The van der Waals surface area contributed by atoms with Gasteiger partial charge in [0, 0.05) is 5.02 Å². The van der Waals surface area contributed by atoms with Crippen LogP contribution in [0.2, 0.25) is 5.02 Å². The van der Waals surface area contributed by atoms with E-state index in [-0.39, 0.29) is 17.6 Å². The summed E-state index contributed by atoms with van der Waals surface area (Å²) >= 11 is 7.25. The monoisotopic (exact) mass is 420 g/mol. The molecule has 0 aromatic heterocycles. The Hall–Kier alpha value is -2.55. The Balaban J connectivity index is 1.63. The van der Waals surface area contributed by atoms with Gasteiger partial charge in [0.25, 0.3) is 5.24 Å². The molecule has 0 spiro atoms. The minimum absolute atomic E-state index is 0.228. The average Bonchev–Trinajstić information content (AvgIpc) is 2.96. The van der Waals surface area contributed by atoms with Gasteiger partial charge in [0.05, 0.1) is 5.25 Å². The zero-order chi connectivity index (χ0) is 20.3. The van der Waals surface area contributed by atoms with Gasteiger partial charge in [-0.1, -0.05) is 41.6 Å². The van der Waals surface area contributed by atoms with E-state index >= 15 is 0 Å². The number of thioether (sulfide) groups is 1. The molecule has 0 saturated carbocycles. The molecule has 3 rings (SSSR count). The van der Waals surface area contributed by atoms with Crippen LogP contribution in [0.25, 0.3) is 0 Å². The van der Waals surface area contributed by atoms with Gasteiger partial charge in [0.1, 0.15) is 17.5 Å². The van der Waals surface area contributed by atoms with Crippen molar-refractivity contribution >= 4 is 40.5 Å². The molecule has 4 N–H and O–H groups in total. The Morgan fingerprint density at radius 3 is 2.46 bits per heavy atom. The van der Waals surface area contributed by atoms with Gasteiger partial charge in [-0.2, -0.15) is 0 Å². The molecule has 146 valence electrons. The Morgan fingerprint density at radius 1 is 1.21 bits per heavy atom. The minimum atomic E-state index is -1.05. The normalized spacial score (nSPS) is 17.3. The molecule has 1 fully saturated rings. The number of benzene rings is 2. The molecule has 2 amide bonds. The van der Waals surface area contributed by atoms with Gasteiger partial charge < -0.3 is 15.6 Å². The summed E-state index contributed by atoms with van der Waals surface area (Å²) in [7, 11) is 0. The number of halogens is 1. The molecule has 2 aromatic carbocycles. The van der Waals surface area contributed by atoms with Crippen molar-refractivity contribution in [2.24, 2.45) is 5.73 Å². The van der Waals surface area contributed by atoms with Crippen molar-refractivity contribution in [3.8, 4) is 11.5 Å². The van der Waals surface area contributed by atoms with Gasteiger partial charge >= 0.3 is 5.97 Å². The Bertz CT molecular complexity index is 919. The maximum absolute atomic E-state index is 11.7. The lowest BCUT2D eigenvalue weighted by Crippen LogP contribution is -2.32. The number of hydrogen-bond acceptors (Lipinski definition) is 6. The summed E-state index contributed by atoms with van der Waals surface area (Å²) in [4.78, 5) is 33.7. The van der Waals surface area contributed by atoms with Gasteiger partial charge in [0.2, 0.25) is 5.91 Å². The quantitative estimate of drug-likeness (QED) is 0.629. The van der Waals surface area contributed by atoms with Gasteiger partial charge in [-0.25, -0.2) is 0 Å². The number of nitrogens with one attached hydrogen (secondary N) is 1. The molecule has 2 aromatic rings. The maximum atomic E-state index is 11.7. The van der Waals surface area contributed by atoms with Crippen molar-refractivity contribution in [1.29, 1.82) is 0 Å². The summed E-state index contributed by atoms with van der Waals surface area (Å²) in [5.74, 6) is -0.280. The highest BCUT2D eigenvalue weighted by molar-refractivity contribution is 8.15. The van der Waals surface area contributed by atoms with Crippen LogP contribution in [0.4, 0.5) is 4.79 Å². The Labute approximate surface area is 170 Å². The van der Waals surface area contributed by atoms with E-state index in [1.165, 1.54) is 0 Å². The highest BCUT2D eigenvalue weighted by atomic mass is 35.5. The molecule has 2 atom stereocenters. The third-order valence-corrected chi connectivity index (χ3v) is 5.46.